The van der Waals surface area contributed by atoms with Gasteiger partial charge in [-0.05, 0) is 27.3 Å². The zero-order valence-corrected chi connectivity index (χ0v) is 9.32. The second-order valence-electron chi connectivity index (χ2n) is 3.46. The number of aryl methyl sites for hydroxylation is 3. The van der Waals surface area contributed by atoms with Crippen molar-refractivity contribution in [1.29, 1.82) is 0 Å². The Morgan fingerprint density at radius 1 is 1.60 bits per heavy atom. The number of nitrogens with zero attached hydrogens (tertiary/aromatic N) is 3. The summed E-state index contributed by atoms with van der Waals surface area (Å²) in [6.45, 7) is 4.37. The van der Waals surface area contributed by atoms with E-state index in [1.807, 2.05) is 13.8 Å². The molecule has 84 valence electrons. The Hall–Kier alpha value is -1.43. The van der Waals surface area contributed by atoms with Gasteiger partial charge < -0.3 is 11.1 Å². The van der Waals surface area contributed by atoms with Crippen LogP contribution >= 0.6 is 0 Å². The van der Waals surface area contributed by atoms with Crippen molar-refractivity contribution in [2.75, 3.05) is 7.05 Å². The molecule has 1 aromatic rings. The van der Waals surface area contributed by atoms with Gasteiger partial charge in [0.15, 0.2) is 0 Å². The van der Waals surface area contributed by atoms with E-state index in [0.717, 1.165) is 11.6 Å². The number of hydrogen-bond acceptors (Lipinski definition) is 4. The lowest BCUT2D eigenvalue weighted by Crippen LogP contribution is -2.39. The lowest BCUT2D eigenvalue weighted by atomic mass is 10.2. The quantitative estimate of drug-likeness (QED) is 0.678. The Labute approximate surface area is 88.9 Å². The summed E-state index contributed by atoms with van der Waals surface area (Å²) < 4.78 is 1.78. The molecule has 1 amide bonds. The highest BCUT2D eigenvalue weighted by atomic mass is 16.1. The molecular formula is C9H17N5O. The lowest BCUT2D eigenvalue weighted by Gasteiger charge is -2.11. The smallest absolute Gasteiger partial charge is 0.234 e. The van der Waals surface area contributed by atoms with Gasteiger partial charge in [-0.3, -0.25) is 9.48 Å². The van der Waals surface area contributed by atoms with Crippen LogP contribution in [0.2, 0.25) is 0 Å². The predicted octanol–water partition coefficient (Wildman–Crippen LogP) is -0.642. The van der Waals surface area contributed by atoms with Crippen LogP contribution in [0.3, 0.4) is 0 Å². The first kappa shape index (κ1) is 11.6. The van der Waals surface area contributed by atoms with Gasteiger partial charge >= 0.3 is 0 Å². The molecule has 15 heavy (non-hydrogen) atoms. The van der Waals surface area contributed by atoms with E-state index in [-0.39, 0.29) is 11.9 Å². The largest absolute Gasteiger partial charge is 0.368 e. The van der Waals surface area contributed by atoms with Crippen molar-refractivity contribution < 1.29 is 4.79 Å². The monoisotopic (exact) mass is 211 g/mol. The predicted molar refractivity (Wildman–Crippen MR) is 56.2 cm³/mol. The Morgan fingerprint density at radius 3 is 2.67 bits per heavy atom. The third kappa shape index (κ3) is 3.02. The fourth-order valence-corrected chi connectivity index (χ4v) is 1.45. The number of carbonyl (C=O) groups excluding carboxylic acids is 1. The fraction of sp³-hybridized carbons (Fsp3) is 0.667. The maximum atomic E-state index is 11.0. The third-order valence-corrected chi connectivity index (χ3v) is 2.28. The van der Waals surface area contributed by atoms with Gasteiger partial charge in [-0.2, -0.15) is 5.10 Å². The van der Waals surface area contributed by atoms with E-state index >= 15 is 0 Å². The molecule has 1 unspecified atom stereocenters. The molecule has 0 bridgehead atoms. The first-order valence-corrected chi connectivity index (χ1v) is 4.89. The Morgan fingerprint density at radius 2 is 2.27 bits per heavy atom. The van der Waals surface area contributed by atoms with Crippen LogP contribution in [0.4, 0.5) is 0 Å². The minimum atomic E-state index is -0.341. The fourth-order valence-electron chi connectivity index (χ4n) is 1.45. The summed E-state index contributed by atoms with van der Waals surface area (Å²) in [5.74, 6) is 1.26. The standard InChI is InChI=1S/C9H17N5O/c1-6-12-7(2)14(13-6)5-4-8(11-3)9(10)15/h8,11H,4-5H2,1-3H3,(H2,10,15). The average molecular weight is 211 g/mol. The molecule has 0 radical (unpaired) electrons. The lowest BCUT2D eigenvalue weighted by molar-refractivity contribution is -0.120. The second kappa shape index (κ2) is 4.88. The van der Waals surface area contributed by atoms with Crippen molar-refractivity contribution in [3.63, 3.8) is 0 Å². The summed E-state index contributed by atoms with van der Waals surface area (Å²) in [7, 11) is 1.72. The number of rotatable bonds is 5. The van der Waals surface area contributed by atoms with E-state index in [0.29, 0.717) is 13.0 Å². The molecule has 1 rings (SSSR count). The second-order valence-corrected chi connectivity index (χ2v) is 3.46. The molecular weight excluding hydrogens is 194 g/mol. The Bertz CT molecular complexity index is 346. The first-order valence-electron chi connectivity index (χ1n) is 4.89. The summed E-state index contributed by atoms with van der Waals surface area (Å²) in [5, 5.41) is 7.06. The van der Waals surface area contributed by atoms with Crippen molar-refractivity contribution in [3.8, 4) is 0 Å². The maximum absolute atomic E-state index is 11.0. The van der Waals surface area contributed by atoms with E-state index in [1.54, 1.807) is 11.7 Å². The summed E-state index contributed by atoms with van der Waals surface area (Å²) >= 11 is 0. The molecule has 0 aliphatic carbocycles. The van der Waals surface area contributed by atoms with Crippen LogP contribution in [0.1, 0.15) is 18.1 Å². The number of likely N-dealkylation sites (N-methyl/N-ethyl adjacent to an activating group) is 1. The van der Waals surface area contributed by atoms with Crippen LogP contribution < -0.4 is 11.1 Å². The van der Waals surface area contributed by atoms with Gasteiger partial charge in [0.1, 0.15) is 11.6 Å². The van der Waals surface area contributed by atoms with E-state index in [2.05, 4.69) is 15.4 Å². The zero-order chi connectivity index (χ0) is 11.4. The van der Waals surface area contributed by atoms with Crippen LogP contribution in [0, 0.1) is 13.8 Å². The number of carbonyl (C=O) groups is 1. The van der Waals surface area contributed by atoms with Crippen molar-refractivity contribution in [2.24, 2.45) is 5.73 Å². The summed E-state index contributed by atoms with van der Waals surface area (Å²) in [4.78, 5) is 15.1. The minimum Gasteiger partial charge on any atom is -0.368 e. The van der Waals surface area contributed by atoms with Gasteiger partial charge in [0, 0.05) is 6.54 Å². The number of aromatic nitrogens is 3. The molecule has 6 nitrogen and oxygen atoms in total. The number of hydrogen-bond donors (Lipinski definition) is 2. The Balaban J connectivity index is 2.56. The highest BCUT2D eigenvalue weighted by molar-refractivity contribution is 5.79. The van der Waals surface area contributed by atoms with Crippen molar-refractivity contribution in [2.45, 2.75) is 32.9 Å². The number of nitrogens with two attached hydrogens (primary N) is 1. The molecule has 3 N–H and O–H groups in total. The van der Waals surface area contributed by atoms with E-state index in [9.17, 15) is 4.79 Å². The molecule has 0 fully saturated rings. The first-order chi connectivity index (χ1) is 7.04. The summed E-state index contributed by atoms with van der Waals surface area (Å²) in [6.07, 6.45) is 0.621. The highest BCUT2D eigenvalue weighted by Gasteiger charge is 2.13. The third-order valence-electron chi connectivity index (χ3n) is 2.28. The van der Waals surface area contributed by atoms with Gasteiger partial charge in [-0.25, -0.2) is 4.98 Å². The van der Waals surface area contributed by atoms with Gasteiger partial charge in [-0.1, -0.05) is 0 Å². The SMILES string of the molecule is CNC(CCn1nc(C)nc1C)C(N)=O. The molecule has 1 heterocycles. The van der Waals surface area contributed by atoms with E-state index < -0.39 is 0 Å². The molecule has 6 heteroatoms. The minimum absolute atomic E-state index is 0.311. The van der Waals surface area contributed by atoms with E-state index in [1.165, 1.54) is 0 Å². The zero-order valence-electron chi connectivity index (χ0n) is 9.32. The molecule has 0 saturated carbocycles. The number of amides is 1. The molecule has 0 spiro atoms. The normalized spacial score (nSPS) is 12.7. The van der Waals surface area contributed by atoms with Gasteiger partial charge in [-0.15, -0.1) is 0 Å². The molecule has 0 saturated heterocycles. The molecule has 0 aliphatic heterocycles. The van der Waals surface area contributed by atoms with Gasteiger partial charge in [0.05, 0.1) is 6.04 Å². The summed E-state index contributed by atoms with van der Waals surface area (Å²) in [5.41, 5.74) is 5.21. The summed E-state index contributed by atoms with van der Waals surface area (Å²) in [6, 6.07) is -0.311. The Kier molecular flexibility index (Phi) is 3.79. The van der Waals surface area contributed by atoms with Crippen molar-refractivity contribution in [1.82, 2.24) is 20.1 Å². The van der Waals surface area contributed by atoms with Crippen LogP contribution in [0.25, 0.3) is 0 Å². The van der Waals surface area contributed by atoms with E-state index in [4.69, 9.17) is 5.73 Å². The van der Waals surface area contributed by atoms with Crippen LogP contribution in [-0.2, 0) is 11.3 Å². The van der Waals surface area contributed by atoms with Gasteiger partial charge in [0.2, 0.25) is 5.91 Å². The molecule has 1 atom stereocenters. The van der Waals surface area contributed by atoms with Crippen molar-refractivity contribution >= 4 is 5.91 Å². The van der Waals surface area contributed by atoms with Crippen LogP contribution in [0.5, 0.6) is 0 Å². The maximum Gasteiger partial charge on any atom is 0.234 e. The topological polar surface area (TPSA) is 85.8 Å². The number of primary amides is 1. The average Bonchev–Trinajstić information content (AvgIpc) is 2.45. The molecule has 0 aliphatic rings. The van der Waals surface area contributed by atoms with Crippen LogP contribution in [0.15, 0.2) is 0 Å². The molecule has 0 aromatic carbocycles. The number of nitrogens with one attached hydrogen (secondary N) is 1. The van der Waals surface area contributed by atoms with Crippen molar-refractivity contribution in [3.05, 3.63) is 11.6 Å². The van der Waals surface area contributed by atoms with Gasteiger partial charge in [0.25, 0.3) is 0 Å². The molecule has 1 aromatic heterocycles. The van der Waals surface area contributed by atoms with Crippen LogP contribution in [-0.4, -0.2) is 33.8 Å². The highest BCUT2D eigenvalue weighted by Crippen LogP contribution is 2.00.